The molecule has 0 amide bonds. The second kappa shape index (κ2) is 7.28. The smallest absolute Gasteiger partial charge is 0.120 e. The van der Waals surface area contributed by atoms with Crippen LogP contribution in [0.1, 0.15) is 56.6 Å². The van der Waals surface area contributed by atoms with Crippen LogP contribution >= 0.6 is 0 Å². The average molecular weight is 278 g/mol. The number of nitrogens with one attached hydrogen (secondary N) is 1. The van der Waals surface area contributed by atoms with Crippen molar-refractivity contribution >= 4 is 0 Å². The quantitative estimate of drug-likeness (QED) is 0.824. The molecule has 0 aromatic carbocycles. The van der Waals surface area contributed by atoms with Crippen LogP contribution in [0, 0.1) is 12.8 Å². The number of furan rings is 1. The van der Waals surface area contributed by atoms with Gasteiger partial charge < -0.3 is 9.73 Å². The van der Waals surface area contributed by atoms with Gasteiger partial charge in [0.1, 0.15) is 11.5 Å². The highest BCUT2D eigenvalue weighted by Crippen LogP contribution is 2.26. The minimum atomic E-state index is 0.712. The maximum atomic E-state index is 6.02. The Bertz CT molecular complexity index is 405. The van der Waals surface area contributed by atoms with Crippen LogP contribution in [0.15, 0.2) is 10.5 Å². The van der Waals surface area contributed by atoms with Crippen molar-refractivity contribution in [2.45, 2.75) is 65.6 Å². The standard InChI is InChI=1S/C17H30N2O/c1-13(2)11-19(15-7-5-6-8-15)12-16-9-14(3)17(20-16)10-18-4/h9,13,15,18H,5-8,10-12H2,1-4H3. The van der Waals surface area contributed by atoms with Gasteiger partial charge in [0, 0.05) is 12.6 Å². The molecular weight excluding hydrogens is 248 g/mol. The van der Waals surface area contributed by atoms with E-state index in [0.29, 0.717) is 5.92 Å². The SMILES string of the molecule is CNCc1oc(CN(CC(C)C)C2CCCC2)cc1C. The highest BCUT2D eigenvalue weighted by atomic mass is 16.3. The Morgan fingerprint density at radius 3 is 2.65 bits per heavy atom. The largest absolute Gasteiger partial charge is 0.463 e. The van der Waals surface area contributed by atoms with Crippen molar-refractivity contribution in [3.8, 4) is 0 Å². The lowest BCUT2D eigenvalue weighted by Crippen LogP contribution is -2.35. The van der Waals surface area contributed by atoms with Gasteiger partial charge in [0.2, 0.25) is 0 Å². The molecule has 1 aromatic heterocycles. The molecule has 1 N–H and O–H groups in total. The summed E-state index contributed by atoms with van der Waals surface area (Å²) in [5, 5.41) is 3.17. The third kappa shape index (κ3) is 4.10. The number of rotatable bonds is 7. The lowest BCUT2D eigenvalue weighted by Gasteiger charge is -2.29. The van der Waals surface area contributed by atoms with E-state index in [-0.39, 0.29) is 0 Å². The molecule has 0 aliphatic heterocycles. The first-order valence-electron chi connectivity index (χ1n) is 8.07. The maximum absolute atomic E-state index is 6.02. The lowest BCUT2D eigenvalue weighted by atomic mass is 10.1. The number of hydrogen-bond donors (Lipinski definition) is 1. The molecule has 1 aromatic rings. The number of aryl methyl sites for hydroxylation is 1. The summed E-state index contributed by atoms with van der Waals surface area (Å²) >= 11 is 0. The summed E-state index contributed by atoms with van der Waals surface area (Å²) in [4.78, 5) is 2.64. The van der Waals surface area contributed by atoms with Crippen LogP contribution in [0.3, 0.4) is 0 Å². The first-order valence-corrected chi connectivity index (χ1v) is 8.07. The van der Waals surface area contributed by atoms with Gasteiger partial charge in [0.25, 0.3) is 0 Å². The fourth-order valence-electron chi connectivity index (χ4n) is 3.29. The molecule has 0 radical (unpaired) electrons. The third-order valence-electron chi connectivity index (χ3n) is 4.21. The van der Waals surface area contributed by atoms with Crippen LogP contribution in [-0.2, 0) is 13.1 Å². The van der Waals surface area contributed by atoms with Gasteiger partial charge in [-0.15, -0.1) is 0 Å². The lowest BCUT2D eigenvalue weighted by molar-refractivity contribution is 0.155. The van der Waals surface area contributed by atoms with Gasteiger partial charge in [-0.1, -0.05) is 26.7 Å². The van der Waals surface area contributed by atoms with E-state index in [4.69, 9.17) is 4.42 Å². The molecular formula is C17H30N2O. The topological polar surface area (TPSA) is 28.4 Å². The minimum absolute atomic E-state index is 0.712. The van der Waals surface area contributed by atoms with Gasteiger partial charge >= 0.3 is 0 Å². The van der Waals surface area contributed by atoms with E-state index in [2.05, 4.69) is 37.1 Å². The van der Waals surface area contributed by atoms with E-state index in [1.807, 2.05) is 7.05 Å². The monoisotopic (exact) mass is 278 g/mol. The van der Waals surface area contributed by atoms with Crippen molar-refractivity contribution in [2.24, 2.45) is 5.92 Å². The Labute approximate surface area is 123 Å². The molecule has 1 fully saturated rings. The minimum Gasteiger partial charge on any atom is -0.463 e. The number of nitrogens with zero attached hydrogens (tertiary/aromatic N) is 1. The molecule has 1 saturated carbocycles. The van der Waals surface area contributed by atoms with E-state index in [1.54, 1.807) is 0 Å². The van der Waals surface area contributed by atoms with Crippen LogP contribution in [-0.4, -0.2) is 24.5 Å². The fraction of sp³-hybridized carbons (Fsp3) is 0.765. The molecule has 1 aliphatic rings. The highest BCUT2D eigenvalue weighted by molar-refractivity contribution is 5.20. The van der Waals surface area contributed by atoms with E-state index >= 15 is 0 Å². The first-order chi connectivity index (χ1) is 9.60. The molecule has 2 rings (SSSR count). The van der Waals surface area contributed by atoms with Crippen molar-refractivity contribution in [1.29, 1.82) is 0 Å². The Morgan fingerprint density at radius 1 is 1.35 bits per heavy atom. The van der Waals surface area contributed by atoms with Gasteiger partial charge in [-0.05, 0) is 44.4 Å². The van der Waals surface area contributed by atoms with Crippen LogP contribution in [0.4, 0.5) is 0 Å². The van der Waals surface area contributed by atoms with Crippen LogP contribution in [0.25, 0.3) is 0 Å². The van der Waals surface area contributed by atoms with E-state index in [1.165, 1.54) is 37.8 Å². The van der Waals surface area contributed by atoms with Gasteiger partial charge in [0.15, 0.2) is 0 Å². The molecule has 0 atom stereocenters. The van der Waals surface area contributed by atoms with E-state index in [9.17, 15) is 0 Å². The molecule has 0 bridgehead atoms. The molecule has 0 spiro atoms. The fourth-order valence-corrected chi connectivity index (χ4v) is 3.29. The summed E-state index contributed by atoms with van der Waals surface area (Å²) in [7, 11) is 1.96. The van der Waals surface area contributed by atoms with Crippen molar-refractivity contribution < 1.29 is 4.42 Å². The highest BCUT2D eigenvalue weighted by Gasteiger charge is 2.24. The normalized spacial score (nSPS) is 16.7. The summed E-state index contributed by atoms with van der Waals surface area (Å²) in [5.74, 6) is 2.92. The zero-order chi connectivity index (χ0) is 14.5. The van der Waals surface area contributed by atoms with Crippen molar-refractivity contribution in [3.05, 3.63) is 23.2 Å². The summed E-state index contributed by atoms with van der Waals surface area (Å²) < 4.78 is 6.02. The molecule has 1 heterocycles. The van der Waals surface area contributed by atoms with E-state index in [0.717, 1.165) is 30.7 Å². The molecule has 20 heavy (non-hydrogen) atoms. The molecule has 0 unspecified atom stereocenters. The van der Waals surface area contributed by atoms with Crippen LogP contribution in [0.2, 0.25) is 0 Å². The second-order valence-electron chi connectivity index (χ2n) is 6.61. The Balaban J connectivity index is 2.04. The summed E-state index contributed by atoms with van der Waals surface area (Å²) in [6.45, 7) is 9.71. The predicted molar refractivity (Wildman–Crippen MR) is 83.7 cm³/mol. The third-order valence-corrected chi connectivity index (χ3v) is 4.21. The molecule has 1 aliphatic carbocycles. The van der Waals surface area contributed by atoms with Gasteiger partial charge in [-0.3, -0.25) is 4.90 Å². The van der Waals surface area contributed by atoms with Gasteiger partial charge in [-0.2, -0.15) is 0 Å². The van der Waals surface area contributed by atoms with Gasteiger partial charge in [0.05, 0.1) is 13.1 Å². The molecule has 3 nitrogen and oxygen atoms in total. The Hall–Kier alpha value is -0.800. The second-order valence-corrected chi connectivity index (χ2v) is 6.61. The van der Waals surface area contributed by atoms with Crippen LogP contribution < -0.4 is 5.32 Å². The molecule has 0 saturated heterocycles. The first kappa shape index (κ1) is 15.6. The maximum Gasteiger partial charge on any atom is 0.120 e. The number of hydrogen-bond acceptors (Lipinski definition) is 3. The zero-order valence-electron chi connectivity index (χ0n) is 13.5. The molecule has 114 valence electrons. The van der Waals surface area contributed by atoms with Crippen molar-refractivity contribution in [1.82, 2.24) is 10.2 Å². The average Bonchev–Trinajstić information content (AvgIpc) is 2.99. The summed E-state index contributed by atoms with van der Waals surface area (Å²) in [5.41, 5.74) is 1.27. The predicted octanol–water partition coefficient (Wildman–Crippen LogP) is 3.71. The zero-order valence-corrected chi connectivity index (χ0v) is 13.5. The van der Waals surface area contributed by atoms with Crippen molar-refractivity contribution in [3.63, 3.8) is 0 Å². The Morgan fingerprint density at radius 2 is 2.05 bits per heavy atom. The van der Waals surface area contributed by atoms with Crippen molar-refractivity contribution in [2.75, 3.05) is 13.6 Å². The summed E-state index contributed by atoms with van der Waals surface area (Å²) in [6.07, 6.45) is 5.49. The van der Waals surface area contributed by atoms with Crippen LogP contribution in [0.5, 0.6) is 0 Å². The Kier molecular flexibility index (Phi) is 5.67. The molecule has 3 heteroatoms. The van der Waals surface area contributed by atoms with Gasteiger partial charge in [-0.25, -0.2) is 0 Å². The van der Waals surface area contributed by atoms with E-state index < -0.39 is 0 Å². The summed E-state index contributed by atoms with van der Waals surface area (Å²) in [6, 6.07) is 2.98.